The molecule has 178 valence electrons. The Morgan fingerprint density at radius 1 is 1.14 bits per heavy atom. The number of hydrogen-bond acceptors (Lipinski definition) is 8. The van der Waals surface area contributed by atoms with E-state index in [0.29, 0.717) is 33.3 Å². The summed E-state index contributed by atoms with van der Waals surface area (Å²) in [5.41, 5.74) is 1.76. The maximum Gasteiger partial charge on any atom is 0.269 e. The first kappa shape index (κ1) is 23.6. The molecule has 0 aliphatic rings. The van der Waals surface area contributed by atoms with Gasteiger partial charge in [-0.25, -0.2) is 4.98 Å². The lowest BCUT2D eigenvalue weighted by Gasteiger charge is -2.15. The standard InChI is InChI=1S/C22H19ClN8O4/c1-24-22(34)17-5-4-14(9-25-17)27-20(32)11-30-10-19(35-2)16(8-21(30)33)15-7-13(23)3-6-18(15)31-12-26-28-29-31/h3-10,12H,11H2,1-2H3,(H,24,34)(H,27,32). The predicted octanol–water partition coefficient (Wildman–Crippen LogP) is 1.55. The largest absolute Gasteiger partial charge is 0.495 e. The van der Waals surface area contributed by atoms with Gasteiger partial charge in [-0.3, -0.25) is 14.4 Å². The van der Waals surface area contributed by atoms with Crippen molar-refractivity contribution in [1.82, 2.24) is 35.1 Å². The van der Waals surface area contributed by atoms with Crippen LogP contribution in [0.4, 0.5) is 5.69 Å². The van der Waals surface area contributed by atoms with E-state index in [9.17, 15) is 14.4 Å². The van der Waals surface area contributed by atoms with Gasteiger partial charge in [0.2, 0.25) is 5.91 Å². The molecule has 3 heterocycles. The quantitative estimate of drug-likeness (QED) is 0.393. The average Bonchev–Trinajstić information content (AvgIpc) is 3.39. The van der Waals surface area contributed by atoms with Crippen molar-refractivity contribution in [3.8, 4) is 22.6 Å². The second kappa shape index (κ2) is 10.1. The summed E-state index contributed by atoms with van der Waals surface area (Å²) in [6.07, 6.45) is 4.21. The number of benzene rings is 1. The normalized spacial score (nSPS) is 10.6. The Kier molecular flexibility index (Phi) is 6.83. The van der Waals surface area contributed by atoms with Crippen LogP contribution < -0.4 is 20.9 Å². The molecule has 0 aliphatic heterocycles. The van der Waals surface area contributed by atoms with Crippen LogP contribution in [0.5, 0.6) is 5.75 Å². The highest BCUT2D eigenvalue weighted by Gasteiger charge is 2.17. The van der Waals surface area contributed by atoms with Gasteiger partial charge in [0.15, 0.2) is 0 Å². The van der Waals surface area contributed by atoms with E-state index < -0.39 is 11.5 Å². The first-order valence-electron chi connectivity index (χ1n) is 10.2. The van der Waals surface area contributed by atoms with E-state index in [-0.39, 0.29) is 18.1 Å². The Morgan fingerprint density at radius 3 is 2.63 bits per heavy atom. The van der Waals surface area contributed by atoms with Crippen LogP contribution >= 0.6 is 11.6 Å². The molecule has 0 spiro atoms. The molecule has 1 aromatic carbocycles. The van der Waals surface area contributed by atoms with Crippen LogP contribution in [0, 0.1) is 0 Å². The molecule has 0 unspecified atom stereocenters. The van der Waals surface area contributed by atoms with Gasteiger partial charge in [0.25, 0.3) is 11.5 Å². The van der Waals surface area contributed by atoms with E-state index >= 15 is 0 Å². The van der Waals surface area contributed by atoms with Gasteiger partial charge in [-0.05, 0) is 40.8 Å². The van der Waals surface area contributed by atoms with E-state index in [4.69, 9.17) is 16.3 Å². The van der Waals surface area contributed by atoms with Crippen LogP contribution in [0.2, 0.25) is 5.02 Å². The lowest BCUT2D eigenvalue weighted by atomic mass is 10.0. The van der Waals surface area contributed by atoms with Crippen molar-refractivity contribution in [2.24, 2.45) is 0 Å². The van der Waals surface area contributed by atoms with Crippen molar-refractivity contribution in [1.29, 1.82) is 0 Å². The van der Waals surface area contributed by atoms with Crippen molar-refractivity contribution in [2.75, 3.05) is 19.5 Å². The number of tetrazole rings is 1. The van der Waals surface area contributed by atoms with E-state index in [0.717, 1.165) is 0 Å². The zero-order valence-corrected chi connectivity index (χ0v) is 19.4. The minimum absolute atomic E-state index is 0.212. The van der Waals surface area contributed by atoms with Crippen molar-refractivity contribution >= 4 is 29.1 Å². The molecule has 2 N–H and O–H groups in total. The minimum Gasteiger partial charge on any atom is -0.495 e. The monoisotopic (exact) mass is 494 g/mol. The fourth-order valence-corrected chi connectivity index (χ4v) is 3.50. The van der Waals surface area contributed by atoms with Crippen LogP contribution in [0.1, 0.15) is 10.5 Å². The topological polar surface area (TPSA) is 146 Å². The predicted molar refractivity (Wildman–Crippen MR) is 127 cm³/mol. The summed E-state index contributed by atoms with van der Waals surface area (Å²) in [7, 11) is 2.95. The Labute approximate surface area is 203 Å². The van der Waals surface area contributed by atoms with Gasteiger partial charge in [0.05, 0.1) is 30.9 Å². The van der Waals surface area contributed by atoms with Crippen LogP contribution in [0.25, 0.3) is 16.8 Å². The van der Waals surface area contributed by atoms with Gasteiger partial charge in [-0.15, -0.1) is 5.10 Å². The van der Waals surface area contributed by atoms with Crippen molar-refractivity contribution in [3.63, 3.8) is 0 Å². The Hall–Kier alpha value is -4.58. The third-order valence-corrected chi connectivity index (χ3v) is 5.21. The molecular formula is C22H19ClN8O4. The van der Waals surface area contributed by atoms with Gasteiger partial charge in [-0.2, -0.15) is 4.68 Å². The summed E-state index contributed by atoms with van der Waals surface area (Å²) in [5.74, 6) is -0.469. The number of carbonyl (C=O) groups is 2. The second-order valence-corrected chi connectivity index (χ2v) is 7.63. The molecule has 4 rings (SSSR count). The number of methoxy groups -OCH3 is 1. The van der Waals surface area contributed by atoms with E-state index in [1.165, 1.54) is 54.3 Å². The highest BCUT2D eigenvalue weighted by atomic mass is 35.5. The molecule has 0 radical (unpaired) electrons. The minimum atomic E-state index is -0.464. The highest BCUT2D eigenvalue weighted by Crippen LogP contribution is 2.34. The molecule has 0 aliphatic carbocycles. The Bertz CT molecular complexity index is 1440. The third kappa shape index (κ3) is 5.17. The smallest absolute Gasteiger partial charge is 0.269 e. The summed E-state index contributed by atoms with van der Waals surface area (Å²) in [5, 5.41) is 16.8. The molecule has 2 amide bonds. The number of aromatic nitrogens is 6. The van der Waals surface area contributed by atoms with E-state index in [2.05, 4.69) is 31.1 Å². The number of halogens is 1. The summed E-state index contributed by atoms with van der Waals surface area (Å²) in [4.78, 5) is 41.0. The van der Waals surface area contributed by atoms with Gasteiger partial charge in [0.1, 0.15) is 24.3 Å². The number of rotatable bonds is 7. The summed E-state index contributed by atoms with van der Waals surface area (Å²) < 4.78 is 8.16. The maximum atomic E-state index is 12.9. The zero-order valence-electron chi connectivity index (χ0n) is 18.6. The fraction of sp³-hybridized carbons (Fsp3) is 0.136. The molecule has 0 atom stereocenters. The molecule has 12 nitrogen and oxygen atoms in total. The molecule has 3 aromatic heterocycles. The van der Waals surface area contributed by atoms with Crippen LogP contribution in [0.3, 0.4) is 0 Å². The number of nitrogens with zero attached hydrogens (tertiary/aromatic N) is 6. The molecule has 35 heavy (non-hydrogen) atoms. The summed E-state index contributed by atoms with van der Waals surface area (Å²) in [6.45, 7) is -0.276. The third-order valence-electron chi connectivity index (χ3n) is 4.97. The first-order valence-corrected chi connectivity index (χ1v) is 10.6. The zero-order chi connectivity index (χ0) is 24.9. The average molecular weight is 495 g/mol. The van der Waals surface area contributed by atoms with Crippen molar-refractivity contribution in [2.45, 2.75) is 6.54 Å². The Morgan fingerprint density at radius 2 is 1.97 bits per heavy atom. The van der Waals surface area contributed by atoms with Crippen LogP contribution in [-0.2, 0) is 11.3 Å². The van der Waals surface area contributed by atoms with Crippen LogP contribution in [0.15, 0.2) is 59.9 Å². The van der Waals surface area contributed by atoms with E-state index in [1.54, 1.807) is 24.3 Å². The number of amides is 2. The van der Waals surface area contributed by atoms with Gasteiger partial charge >= 0.3 is 0 Å². The SMILES string of the molecule is CNC(=O)c1ccc(NC(=O)Cn2cc(OC)c(-c3cc(Cl)ccc3-n3cnnn3)cc2=O)cn1. The molecule has 0 fully saturated rings. The molecular weight excluding hydrogens is 476 g/mol. The van der Waals surface area contributed by atoms with Gasteiger partial charge in [0, 0.05) is 29.3 Å². The summed E-state index contributed by atoms with van der Waals surface area (Å²) in [6, 6.07) is 9.44. The maximum absolute atomic E-state index is 12.9. The molecule has 4 aromatic rings. The number of ether oxygens (including phenoxy) is 1. The van der Waals surface area contributed by atoms with E-state index in [1.807, 2.05) is 0 Å². The van der Waals surface area contributed by atoms with Crippen molar-refractivity contribution < 1.29 is 14.3 Å². The highest BCUT2D eigenvalue weighted by molar-refractivity contribution is 6.31. The fourth-order valence-electron chi connectivity index (χ4n) is 3.33. The Balaban J connectivity index is 1.61. The lowest BCUT2D eigenvalue weighted by molar-refractivity contribution is -0.116. The number of nitrogens with one attached hydrogen (secondary N) is 2. The molecule has 0 bridgehead atoms. The van der Waals surface area contributed by atoms with Crippen LogP contribution in [-0.4, -0.2) is 55.7 Å². The number of hydrogen-bond donors (Lipinski definition) is 2. The lowest BCUT2D eigenvalue weighted by Crippen LogP contribution is -2.27. The number of anilines is 1. The number of carbonyl (C=O) groups excluding carboxylic acids is 2. The summed E-state index contributed by atoms with van der Waals surface area (Å²) >= 11 is 6.21. The second-order valence-electron chi connectivity index (χ2n) is 7.20. The molecule has 0 saturated carbocycles. The number of pyridine rings is 2. The van der Waals surface area contributed by atoms with Gasteiger partial charge in [-0.1, -0.05) is 11.6 Å². The first-order chi connectivity index (χ1) is 16.9. The van der Waals surface area contributed by atoms with Crippen molar-refractivity contribution in [3.05, 3.63) is 76.2 Å². The van der Waals surface area contributed by atoms with Gasteiger partial charge < -0.3 is 19.9 Å². The molecule has 13 heteroatoms. The molecule has 0 saturated heterocycles.